The fraction of sp³-hybridized carbons (Fsp3) is 0.467. The van der Waals surface area contributed by atoms with E-state index in [-0.39, 0.29) is 5.91 Å². The summed E-state index contributed by atoms with van der Waals surface area (Å²) in [4.78, 5) is 24.0. The van der Waals surface area contributed by atoms with Crippen LogP contribution < -0.4 is 5.32 Å². The second-order valence-corrected chi connectivity index (χ2v) is 6.66. The van der Waals surface area contributed by atoms with E-state index in [1.807, 2.05) is 36.6 Å². The number of nitrogens with one attached hydrogen (secondary N) is 1. The van der Waals surface area contributed by atoms with Crippen LogP contribution >= 0.6 is 23.5 Å². The molecular formula is C15H21NO3S2. The molecule has 116 valence electrons. The maximum Gasteiger partial charge on any atom is 0.326 e. The second kappa shape index (κ2) is 10.6. The van der Waals surface area contributed by atoms with E-state index in [1.165, 1.54) is 4.90 Å². The number of amides is 1. The molecule has 6 heteroatoms. The van der Waals surface area contributed by atoms with Gasteiger partial charge in [0, 0.05) is 11.3 Å². The third-order valence-electron chi connectivity index (χ3n) is 2.80. The first-order chi connectivity index (χ1) is 10.1. The Hall–Kier alpha value is -1.14. The summed E-state index contributed by atoms with van der Waals surface area (Å²) in [6, 6.07) is 9.24. The van der Waals surface area contributed by atoms with E-state index in [9.17, 15) is 9.59 Å². The van der Waals surface area contributed by atoms with Gasteiger partial charge < -0.3 is 10.4 Å². The summed E-state index contributed by atoms with van der Waals surface area (Å²) in [7, 11) is 0. The topological polar surface area (TPSA) is 66.4 Å². The Bertz CT molecular complexity index is 440. The van der Waals surface area contributed by atoms with Gasteiger partial charge in [-0.1, -0.05) is 18.2 Å². The summed E-state index contributed by atoms with van der Waals surface area (Å²) in [6.45, 7) is 0. The second-order valence-electron chi connectivity index (χ2n) is 4.50. The lowest BCUT2D eigenvalue weighted by molar-refractivity contribution is -0.141. The van der Waals surface area contributed by atoms with Crippen molar-refractivity contribution >= 4 is 35.4 Å². The lowest BCUT2D eigenvalue weighted by Gasteiger charge is -2.13. The van der Waals surface area contributed by atoms with E-state index in [2.05, 4.69) is 5.32 Å². The number of hydrogen-bond acceptors (Lipinski definition) is 4. The zero-order valence-electron chi connectivity index (χ0n) is 12.1. The van der Waals surface area contributed by atoms with Crippen molar-refractivity contribution in [2.24, 2.45) is 0 Å². The Morgan fingerprint density at radius 3 is 2.57 bits per heavy atom. The molecule has 1 amide bonds. The molecule has 0 fully saturated rings. The van der Waals surface area contributed by atoms with Crippen LogP contribution in [0.3, 0.4) is 0 Å². The van der Waals surface area contributed by atoms with Crippen LogP contribution in [0.15, 0.2) is 35.2 Å². The largest absolute Gasteiger partial charge is 0.480 e. The Kier molecular flexibility index (Phi) is 9.01. The van der Waals surface area contributed by atoms with E-state index in [4.69, 9.17) is 5.11 Å². The maximum absolute atomic E-state index is 11.7. The monoisotopic (exact) mass is 327 g/mol. The zero-order chi connectivity index (χ0) is 15.5. The highest BCUT2D eigenvalue weighted by Gasteiger charge is 2.18. The van der Waals surface area contributed by atoms with Gasteiger partial charge in [0.05, 0.1) is 0 Å². The normalized spacial score (nSPS) is 11.9. The van der Waals surface area contributed by atoms with E-state index in [0.29, 0.717) is 12.8 Å². The zero-order valence-corrected chi connectivity index (χ0v) is 13.7. The van der Waals surface area contributed by atoms with Gasteiger partial charge in [0.1, 0.15) is 6.04 Å². The van der Waals surface area contributed by atoms with Gasteiger partial charge in [-0.15, -0.1) is 11.8 Å². The van der Waals surface area contributed by atoms with Crippen molar-refractivity contribution in [1.82, 2.24) is 5.32 Å². The standard InChI is InChI=1S/C15H21NO3S2/c1-20-11-9-13(15(18)19)16-14(17)8-5-10-21-12-6-3-2-4-7-12/h2-4,6-7,13H,5,8-11H2,1H3,(H,16,17)(H,18,19)/t13-/m1/s1. The SMILES string of the molecule is CSCC[C@@H](NC(=O)CCCSc1ccccc1)C(=O)O. The van der Waals surface area contributed by atoms with Gasteiger partial charge in [0.2, 0.25) is 5.91 Å². The van der Waals surface area contributed by atoms with Crippen molar-refractivity contribution in [2.75, 3.05) is 17.8 Å². The molecule has 0 saturated heterocycles. The van der Waals surface area contributed by atoms with E-state index in [0.717, 1.165) is 17.9 Å². The molecule has 0 aromatic heterocycles. The van der Waals surface area contributed by atoms with Crippen molar-refractivity contribution in [3.63, 3.8) is 0 Å². The average Bonchev–Trinajstić information content (AvgIpc) is 2.48. The van der Waals surface area contributed by atoms with Crippen molar-refractivity contribution in [1.29, 1.82) is 0 Å². The van der Waals surface area contributed by atoms with E-state index >= 15 is 0 Å². The maximum atomic E-state index is 11.7. The average molecular weight is 327 g/mol. The summed E-state index contributed by atoms with van der Waals surface area (Å²) < 4.78 is 0. The summed E-state index contributed by atoms with van der Waals surface area (Å²) in [5.74, 6) is 0.425. The molecule has 0 radical (unpaired) electrons. The van der Waals surface area contributed by atoms with Gasteiger partial charge in [-0.25, -0.2) is 4.79 Å². The highest BCUT2D eigenvalue weighted by atomic mass is 32.2. The molecule has 0 aliphatic heterocycles. The molecule has 0 heterocycles. The van der Waals surface area contributed by atoms with Crippen molar-refractivity contribution in [3.05, 3.63) is 30.3 Å². The Morgan fingerprint density at radius 2 is 1.95 bits per heavy atom. The quantitative estimate of drug-likeness (QED) is 0.511. The first-order valence-corrected chi connectivity index (χ1v) is 9.20. The predicted molar refractivity (Wildman–Crippen MR) is 89.0 cm³/mol. The Labute approximate surface area is 134 Å². The number of carbonyl (C=O) groups excluding carboxylic acids is 1. The van der Waals surface area contributed by atoms with Gasteiger partial charge >= 0.3 is 5.97 Å². The van der Waals surface area contributed by atoms with E-state index < -0.39 is 12.0 Å². The predicted octanol–water partition coefficient (Wildman–Crippen LogP) is 2.88. The molecule has 1 aromatic rings. The van der Waals surface area contributed by atoms with Gasteiger partial charge in [-0.2, -0.15) is 11.8 Å². The van der Waals surface area contributed by atoms with Crippen molar-refractivity contribution < 1.29 is 14.7 Å². The van der Waals surface area contributed by atoms with Gasteiger partial charge in [0.25, 0.3) is 0 Å². The molecule has 0 aliphatic carbocycles. The molecule has 0 saturated carbocycles. The first kappa shape index (κ1) is 17.9. The van der Waals surface area contributed by atoms with Crippen molar-refractivity contribution in [2.45, 2.75) is 30.2 Å². The third kappa shape index (κ3) is 8.02. The minimum absolute atomic E-state index is 0.183. The minimum Gasteiger partial charge on any atom is -0.480 e. The van der Waals surface area contributed by atoms with E-state index in [1.54, 1.807) is 23.5 Å². The molecule has 0 spiro atoms. The molecule has 4 nitrogen and oxygen atoms in total. The van der Waals surface area contributed by atoms with Crippen LogP contribution in [0.1, 0.15) is 19.3 Å². The van der Waals surface area contributed by atoms with Crippen LogP contribution in [0.4, 0.5) is 0 Å². The fourth-order valence-electron chi connectivity index (χ4n) is 1.70. The van der Waals surface area contributed by atoms with Gasteiger partial charge in [-0.05, 0) is 42.7 Å². The third-order valence-corrected chi connectivity index (χ3v) is 4.55. The van der Waals surface area contributed by atoms with Crippen LogP contribution in [0.5, 0.6) is 0 Å². The van der Waals surface area contributed by atoms with Crippen molar-refractivity contribution in [3.8, 4) is 0 Å². The molecule has 0 unspecified atom stereocenters. The summed E-state index contributed by atoms with van der Waals surface area (Å²) in [5.41, 5.74) is 0. The molecule has 0 bridgehead atoms. The fourth-order valence-corrected chi connectivity index (χ4v) is 3.04. The first-order valence-electron chi connectivity index (χ1n) is 6.82. The molecule has 2 N–H and O–H groups in total. The summed E-state index contributed by atoms with van der Waals surface area (Å²) in [5, 5.41) is 11.6. The highest BCUT2D eigenvalue weighted by Crippen LogP contribution is 2.18. The highest BCUT2D eigenvalue weighted by molar-refractivity contribution is 7.99. The Balaban J connectivity index is 2.21. The number of carboxylic acid groups (broad SMARTS) is 1. The number of carboxylic acids is 1. The summed E-state index contributed by atoms with van der Waals surface area (Å²) >= 11 is 3.28. The lowest BCUT2D eigenvalue weighted by Crippen LogP contribution is -2.41. The molecule has 1 aromatic carbocycles. The number of aliphatic carboxylic acids is 1. The smallest absolute Gasteiger partial charge is 0.326 e. The van der Waals surface area contributed by atoms with Crippen LogP contribution in [-0.4, -0.2) is 40.8 Å². The van der Waals surface area contributed by atoms with Crippen LogP contribution in [0.2, 0.25) is 0 Å². The van der Waals surface area contributed by atoms with Gasteiger partial charge in [-0.3, -0.25) is 4.79 Å². The lowest BCUT2D eigenvalue weighted by atomic mass is 10.2. The Morgan fingerprint density at radius 1 is 1.24 bits per heavy atom. The van der Waals surface area contributed by atoms with Crippen LogP contribution in [-0.2, 0) is 9.59 Å². The summed E-state index contributed by atoms with van der Waals surface area (Å²) in [6.07, 6.45) is 3.48. The number of thioether (sulfide) groups is 2. The molecule has 1 atom stereocenters. The molecule has 21 heavy (non-hydrogen) atoms. The minimum atomic E-state index is -0.962. The molecule has 1 rings (SSSR count). The molecular weight excluding hydrogens is 306 g/mol. The number of benzene rings is 1. The van der Waals surface area contributed by atoms with Crippen LogP contribution in [0.25, 0.3) is 0 Å². The molecule has 0 aliphatic rings. The number of carbonyl (C=O) groups is 2. The van der Waals surface area contributed by atoms with Gasteiger partial charge in [0.15, 0.2) is 0 Å². The number of rotatable bonds is 10. The number of hydrogen-bond donors (Lipinski definition) is 2. The van der Waals surface area contributed by atoms with Crippen LogP contribution in [0, 0.1) is 0 Å².